The van der Waals surface area contributed by atoms with Crippen molar-refractivity contribution >= 4 is 48.9 Å². The first kappa shape index (κ1) is 24.1. The summed E-state index contributed by atoms with van der Waals surface area (Å²) in [5.41, 5.74) is -0.223. The van der Waals surface area contributed by atoms with E-state index in [4.69, 9.17) is 11.6 Å². The maximum absolute atomic E-state index is 13.8. The molecule has 0 aliphatic carbocycles. The summed E-state index contributed by atoms with van der Waals surface area (Å²) in [6.07, 6.45) is 0.864. The van der Waals surface area contributed by atoms with Crippen molar-refractivity contribution in [2.45, 2.75) is 18.7 Å². The van der Waals surface area contributed by atoms with Crippen molar-refractivity contribution in [1.29, 1.82) is 0 Å². The predicted octanol–water partition coefficient (Wildman–Crippen LogP) is 3.13. The number of rotatable bonds is 8. The Hall–Kier alpha value is -2.21. The van der Waals surface area contributed by atoms with Crippen LogP contribution in [-0.4, -0.2) is 46.4 Å². The Morgan fingerprint density at radius 1 is 1.07 bits per heavy atom. The Kier molecular flexibility index (Phi) is 7.45. The summed E-state index contributed by atoms with van der Waals surface area (Å²) in [6, 6.07) is 7.14. The van der Waals surface area contributed by atoms with Gasteiger partial charge in [-0.05, 0) is 36.4 Å². The molecule has 0 aliphatic rings. The zero-order valence-electron chi connectivity index (χ0n) is 16.4. The molecule has 8 nitrogen and oxygen atoms in total. The molecule has 0 unspecified atom stereocenters. The number of nitrogens with zero attached hydrogens (tertiary/aromatic N) is 1. The first-order chi connectivity index (χ1) is 13.9. The van der Waals surface area contributed by atoms with E-state index < -0.39 is 31.8 Å². The number of sulfonamides is 2. The van der Waals surface area contributed by atoms with E-state index in [1.165, 1.54) is 22.5 Å². The molecule has 30 heavy (non-hydrogen) atoms. The second-order valence-electron chi connectivity index (χ2n) is 6.26. The van der Waals surface area contributed by atoms with Gasteiger partial charge in [-0.15, -0.1) is 0 Å². The summed E-state index contributed by atoms with van der Waals surface area (Å²) in [5.74, 6) is -1.50. The molecule has 12 heteroatoms. The molecule has 2 N–H and O–H groups in total. The van der Waals surface area contributed by atoms with Crippen LogP contribution in [0.2, 0.25) is 5.02 Å². The van der Waals surface area contributed by atoms with E-state index in [-0.39, 0.29) is 39.9 Å². The lowest BCUT2D eigenvalue weighted by atomic mass is 10.2. The van der Waals surface area contributed by atoms with Crippen molar-refractivity contribution in [3.05, 3.63) is 52.8 Å². The van der Waals surface area contributed by atoms with Crippen LogP contribution >= 0.6 is 11.6 Å². The summed E-state index contributed by atoms with van der Waals surface area (Å²) in [6.45, 7) is 3.83. The van der Waals surface area contributed by atoms with Gasteiger partial charge in [-0.25, -0.2) is 21.2 Å². The number of hydrogen-bond donors (Lipinski definition) is 2. The minimum absolute atomic E-state index is 0.00655. The molecule has 164 valence electrons. The molecule has 0 atom stereocenters. The van der Waals surface area contributed by atoms with Crippen molar-refractivity contribution in [3.8, 4) is 0 Å². The number of hydrogen-bond acceptors (Lipinski definition) is 5. The van der Waals surface area contributed by atoms with Crippen LogP contribution in [-0.2, 0) is 20.0 Å². The van der Waals surface area contributed by atoms with Crippen LogP contribution in [0.3, 0.4) is 0 Å². The van der Waals surface area contributed by atoms with Crippen molar-refractivity contribution < 1.29 is 26.0 Å². The van der Waals surface area contributed by atoms with E-state index in [2.05, 4.69) is 5.32 Å². The lowest BCUT2D eigenvalue weighted by Gasteiger charge is -2.19. The van der Waals surface area contributed by atoms with Crippen LogP contribution in [0.15, 0.2) is 41.3 Å². The molecule has 0 heterocycles. The van der Waals surface area contributed by atoms with Crippen molar-refractivity contribution in [2.75, 3.05) is 29.4 Å². The Morgan fingerprint density at radius 3 is 2.27 bits per heavy atom. The number of benzene rings is 2. The SMILES string of the molecule is CCN(CC)S(=O)(=O)c1cc(C(=O)Nc2ccc(F)c(NS(C)(=O)=O)c2)ccc1Cl. The first-order valence-electron chi connectivity index (χ1n) is 8.77. The smallest absolute Gasteiger partial charge is 0.255 e. The summed E-state index contributed by atoms with van der Waals surface area (Å²) in [5, 5.41) is 2.45. The molecule has 0 bridgehead atoms. The van der Waals surface area contributed by atoms with Gasteiger partial charge in [0.2, 0.25) is 20.0 Å². The molecular formula is C18H21ClFN3O5S2. The van der Waals surface area contributed by atoms with E-state index in [1.54, 1.807) is 13.8 Å². The van der Waals surface area contributed by atoms with Crippen molar-refractivity contribution in [1.82, 2.24) is 4.31 Å². The molecule has 0 spiro atoms. The van der Waals surface area contributed by atoms with Crippen LogP contribution in [0, 0.1) is 5.82 Å². The van der Waals surface area contributed by atoms with Gasteiger partial charge in [0.15, 0.2) is 0 Å². The third kappa shape index (κ3) is 5.69. The molecule has 0 saturated heterocycles. The van der Waals surface area contributed by atoms with Gasteiger partial charge in [0, 0.05) is 24.3 Å². The number of carbonyl (C=O) groups is 1. The molecule has 2 aromatic rings. The highest BCUT2D eigenvalue weighted by Gasteiger charge is 2.25. The highest BCUT2D eigenvalue weighted by atomic mass is 35.5. The molecule has 0 fully saturated rings. The Morgan fingerprint density at radius 2 is 1.70 bits per heavy atom. The average Bonchev–Trinajstić information content (AvgIpc) is 2.64. The molecule has 2 aromatic carbocycles. The van der Waals surface area contributed by atoms with Crippen LogP contribution < -0.4 is 10.0 Å². The highest BCUT2D eigenvalue weighted by molar-refractivity contribution is 7.92. The maximum Gasteiger partial charge on any atom is 0.255 e. The third-order valence-electron chi connectivity index (χ3n) is 4.04. The monoisotopic (exact) mass is 477 g/mol. The number of carbonyl (C=O) groups excluding carboxylic acids is 1. The molecule has 1 amide bonds. The average molecular weight is 478 g/mol. The van der Waals surface area contributed by atoms with Gasteiger partial charge in [-0.1, -0.05) is 25.4 Å². The maximum atomic E-state index is 13.8. The lowest BCUT2D eigenvalue weighted by Crippen LogP contribution is -2.31. The van der Waals surface area contributed by atoms with Gasteiger partial charge < -0.3 is 5.32 Å². The quantitative estimate of drug-likeness (QED) is 0.606. The predicted molar refractivity (Wildman–Crippen MR) is 114 cm³/mol. The molecular weight excluding hydrogens is 457 g/mol. The largest absolute Gasteiger partial charge is 0.322 e. The van der Waals surface area contributed by atoms with Gasteiger partial charge in [0.25, 0.3) is 5.91 Å². The van der Waals surface area contributed by atoms with E-state index in [0.717, 1.165) is 24.5 Å². The zero-order chi connectivity index (χ0) is 22.7. The van der Waals surface area contributed by atoms with E-state index in [0.29, 0.717) is 0 Å². The topological polar surface area (TPSA) is 113 Å². The van der Waals surface area contributed by atoms with Crippen molar-refractivity contribution in [3.63, 3.8) is 0 Å². The number of anilines is 2. The fourth-order valence-electron chi connectivity index (χ4n) is 2.63. The minimum Gasteiger partial charge on any atom is -0.322 e. The van der Waals surface area contributed by atoms with Crippen molar-refractivity contribution in [2.24, 2.45) is 0 Å². The van der Waals surface area contributed by atoms with E-state index >= 15 is 0 Å². The second-order valence-corrected chi connectivity index (χ2v) is 10.3. The van der Waals surface area contributed by atoms with Crippen LogP contribution in [0.5, 0.6) is 0 Å². The van der Waals surface area contributed by atoms with E-state index in [1.807, 2.05) is 4.72 Å². The molecule has 2 rings (SSSR count). The molecule has 0 aliphatic heterocycles. The fraction of sp³-hybridized carbons (Fsp3) is 0.278. The normalized spacial score (nSPS) is 12.1. The van der Waals surface area contributed by atoms with E-state index in [9.17, 15) is 26.0 Å². The zero-order valence-corrected chi connectivity index (χ0v) is 18.8. The third-order valence-corrected chi connectivity index (χ3v) is 7.16. The van der Waals surface area contributed by atoms with Gasteiger partial charge in [-0.2, -0.15) is 4.31 Å². The van der Waals surface area contributed by atoms with Gasteiger partial charge in [0.05, 0.1) is 17.0 Å². The summed E-state index contributed by atoms with van der Waals surface area (Å²) < 4.78 is 65.2. The molecule has 0 saturated carbocycles. The lowest BCUT2D eigenvalue weighted by molar-refractivity contribution is 0.102. The number of halogens is 2. The Labute approximate surface area is 180 Å². The molecule has 0 radical (unpaired) electrons. The summed E-state index contributed by atoms with van der Waals surface area (Å²) in [7, 11) is -7.62. The standard InChI is InChI=1S/C18H21ClFN3O5S2/c1-4-23(5-2)30(27,28)17-10-12(6-8-14(17)19)18(24)21-13-7-9-15(20)16(11-13)22-29(3,25)26/h6-11,22H,4-5H2,1-3H3,(H,21,24). The number of nitrogens with one attached hydrogen (secondary N) is 2. The fourth-order valence-corrected chi connectivity index (χ4v) is 5.14. The molecule has 0 aromatic heterocycles. The van der Waals surface area contributed by atoms with Crippen LogP contribution in [0.25, 0.3) is 0 Å². The Balaban J connectivity index is 2.36. The second kappa shape index (κ2) is 9.29. The highest BCUT2D eigenvalue weighted by Crippen LogP contribution is 2.27. The van der Waals surface area contributed by atoms with Gasteiger partial charge in [-0.3, -0.25) is 9.52 Å². The van der Waals surface area contributed by atoms with Gasteiger partial charge in [0.1, 0.15) is 10.7 Å². The van der Waals surface area contributed by atoms with Crippen LogP contribution in [0.4, 0.5) is 15.8 Å². The van der Waals surface area contributed by atoms with Gasteiger partial charge >= 0.3 is 0 Å². The summed E-state index contributed by atoms with van der Waals surface area (Å²) >= 11 is 6.06. The number of amides is 1. The minimum atomic E-state index is -3.90. The summed E-state index contributed by atoms with van der Waals surface area (Å²) in [4.78, 5) is 12.4. The van der Waals surface area contributed by atoms with Crippen LogP contribution in [0.1, 0.15) is 24.2 Å². The first-order valence-corrected chi connectivity index (χ1v) is 12.5. The Bertz CT molecular complexity index is 1170.